The molecule has 1 heteroatoms. The molecule has 0 aliphatic carbocycles. The molecule has 0 atom stereocenters. The van der Waals surface area contributed by atoms with Crippen molar-refractivity contribution in [2.45, 2.75) is 33.1 Å². The number of aryl methyl sites for hydroxylation is 1. The van der Waals surface area contributed by atoms with Crippen LogP contribution in [0.3, 0.4) is 0 Å². The van der Waals surface area contributed by atoms with Crippen LogP contribution in [0.25, 0.3) is 6.08 Å². The molecule has 1 rings (SSSR count). The number of nitrogens with two attached hydrogens (primary N) is 1. The number of hydrogen-bond acceptors (Lipinski definition) is 1. The molecule has 0 aliphatic rings. The summed E-state index contributed by atoms with van der Waals surface area (Å²) in [4.78, 5) is 0. The molecule has 1 nitrogen and oxygen atoms in total. The smallest absolute Gasteiger partial charge is 0.0390 e. The van der Waals surface area contributed by atoms with Gasteiger partial charge < -0.3 is 5.73 Å². The molecule has 0 aromatic heterocycles. The van der Waals surface area contributed by atoms with E-state index in [1.807, 2.05) is 25.1 Å². The van der Waals surface area contributed by atoms with Gasteiger partial charge in [-0.15, -0.1) is 0 Å². The first-order valence-corrected chi connectivity index (χ1v) is 5.29. The maximum atomic E-state index is 5.93. The van der Waals surface area contributed by atoms with Crippen molar-refractivity contribution in [3.05, 3.63) is 35.4 Å². The Kier molecular flexibility index (Phi) is 4.24. The van der Waals surface area contributed by atoms with E-state index >= 15 is 0 Å². The lowest BCUT2D eigenvalue weighted by atomic mass is 10.00. The molecule has 0 aliphatic heterocycles. The van der Waals surface area contributed by atoms with Crippen molar-refractivity contribution >= 4 is 11.8 Å². The fourth-order valence-electron chi connectivity index (χ4n) is 1.59. The average molecular weight is 189 g/mol. The third-order valence-corrected chi connectivity index (χ3v) is 2.36. The third-order valence-electron chi connectivity index (χ3n) is 2.36. The largest absolute Gasteiger partial charge is 0.398 e. The molecule has 0 fully saturated rings. The number of anilines is 1. The molecule has 0 unspecified atom stereocenters. The van der Waals surface area contributed by atoms with Gasteiger partial charge in [0.2, 0.25) is 0 Å². The molecule has 0 saturated carbocycles. The van der Waals surface area contributed by atoms with Crippen molar-refractivity contribution in [1.29, 1.82) is 0 Å². The zero-order valence-electron chi connectivity index (χ0n) is 9.09. The predicted molar refractivity (Wildman–Crippen MR) is 64.2 cm³/mol. The van der Waals surface area contributed by atoms with Crippen LogP contribution in [0.15, 0.2) is 24.3 Å². The van der Waals surface area contributed by atoms with Crippen LogP contribution in [-0.2, 0) is 6.42 Å². The second-order valence-electron chi connectivity index (χ2n) is 3.52. The fraction of sp³-hybridized carbons (Fsp3) is 0.385. The van der Waals surface area contributed by atoms with Gasteiger partial charge in [-0.1, -0.05) is 37.6 Å². The van der Waals surface area contributed by atoms with E-state index in [2.05, 4.69) is 19.1 Å². The van der Waals surface area contributed by atoms with Gasteiger partial charge in [0.1, 0.15) is 0 Å². The van der Waals surface area contributed by atoms with Crippen molar-refractivity contribution in [3.63, 3.8) is 0 Å². The highest BCUT2D eigenvalue weighted by Gasteiger charge is 2.01. The summed E-state index contributed by atoms with van der Waals surface area (Å²) in [5, 5.41) is 0. The van der Waals surface area contributed by atoms with Crippen molar-refractivity contribution < 1.29 is 0 Å². The zero-order valence-corrected chi connectivity index (χ0v) is 9.09. The van der Waals surface area contributed by atoms with Gasteiger partial charge in [-0.25, -0.2) is 0 Å². The van der Waals surface area contributed by atoms with E-state index in [1.165, 1.54) is 24.0 Å². The lowest BCUT2D eigenvalue weighted by Crippen LogP contribution is -1.95. The van der Waals surface area contributed by atoms with Crippen LogP contribution in [0.5, 0.6) is 0 Å². The SMILES string of the molecule is C/C=C\c1c(N)cccc1CCCC. The molecular formula is C13H19N. The van der Waals surface area contributed by atoms with Gasteiger partial charge in [-0.05, 0) is 31.4 Å². The van der Waals surface area contributed by atoms with Crippen molar-refractivity contribution in [2.24, 2.45) is 0 Å². The van der Waals surface area contributed by atoms with Crippen LogP contribution in [-0.4, -0.2) is 0 Å². The monoisotopic (exact) mass is 189 g/mol. The van der Waals surface area contributed by atoms with E-state index in [0.29, 0.717) is 0 Å². The van der Waals surface area contributed by atoms with Crippen molar-refractivity contribution in [2.75, 3.05) is 5.73 Å². The average Bonchev–Trinajstić information content (AvgIpc) is 2.19. The number of unbranched alkanes of at least 4 members (excludes halogenated alkanes) is 1. The Morgan fingerprint density at radius 2 is 2.14 bits per heavy atom. The van der Waals surface area contributed by atoms with E-state index in [-0.39, 0.29) is 0 Å². The summed E-state index contributed by atoms with van der Waals surface area (Å²) in [6.45, 7) is 4.23. The van der Waals surface area contributed by atoms with E-state index in [1.54, 1.807) is 0 Å². The van der Waals surface area contributed by atoms with Gasteiger partial charge in [0, 0.05) is 11.3 Å². The summed E-state index contributed by atoms with van der Waals surface area (Å²) in [6, 6.07) is 6.17. The van der Waals surface area contributed by atoms with Gasteiger partial charge in [-0.2, -0.15) is 0 Å². The highest BCUT2D eigenvalue weighted by Crippen LogP contribution is 2.20. The zero-order chi connectivity index (χ0) is 10.4. The van der Waals surface area contributed by atoms with Crippen LogP contribution in [0.1, 0.15) is 37.8 Å². The maximum Gasteiger partial charge on any atom is 0.0390 e. The molecule has 0 heterocycles. The molecule has 0 saturated heterocycles. The summed E-state index contributed by atoms with van der Waals surface area (Å²) in [5.41, 5.74) is 9.38. The van der Waals surface area contributed by atoms with Gasteiger partial charge in [-0.3, -0.25) is 0 Å². The van der Waals surface area contributed by atoms with Crippen LogP contribution in [0, 0.1) is 0 Å². The van der Waals surface area contributed by atoms with Crippen LogP contribution < -0.4 is 5.73 Å². The van der Waals surface area contributed by atoms with Crippen LogP contribution in [0.2, 0.25) is 0 Å². The van der Waals surface area contributed by atoms with E-state index < -0.39 is 0 Å². The molecule has 0 radical (unpaired) electrons. The van der Waals surface area contributed by atoms with Crippen LogP contribution >= 0.6 is 0 Å². The first-order valence-electron chi connectivity index (χ1n) is 5.29. The first kappa shape index (κ1) is 10.8. The molecule has 0 bridgehead atoms. The molecule has 0 amide bonds. The molecule has 1 aromatic carbocycles. The second-order valence-corrected chi connectivity index (χ2v) is 3.52. The summed E-state index contributed by atoms with van der Waals surface area (Å²) in [5.74, 6) is 0. The Labute approximate surface area is 86.6 Å². The minimum absolute atomic E-state index is 0.886. The number of rotatable bonds is 4. The predicted octanol–water partition coefficient (Wildman–Crippen LogP) is 3.64. The molecule has 76 valence electrons. The Balaban J connectivity index is 2.95. The molecule has 1 aromatic rings. The number of benzene rings is 1. The standard InChI is InChI=1S/C13H19N/c1-3-5-8-11-9-6-10-13(14)12(11)7-4-2/h4,6-7,9-10H,3,5,8,14H2,1-2H3/b7-4-. The minimum atomic E-state index is 0.886. The number of allylic oxidation sites excluding steroid dienone is 1. The van der Waals surface area contributed by atoms with Gasteiger partial charge in [0.15, 0.2) is 0 Å². The third kappa shape index (κ3) is 2.63. The summed E-state index contributed by atoms with van der Waals surface area (Å²) in [7, 11) is 0. The summed E-state index contributed by atoms with van der Waals surface area (Å²) >= 11 is 0. The summed E-state index contributed by atoms with van der Waals surface area (Å²) in [6.07, 6.45) is 7.72. The molecule has 2 N–H and O–H groups in total. The number of hydrogen-bond donors (Lipinski definition) is 1. The van der Waals surface area contributed by atoms with Gasteiger partial charge >= 0.3 is 0 Å². The van der Waals surface area contributed by atoms with E-state index in [4.69, 9.17) is 5.73 Å². The van der Waals surface area contributed by atoms with E-state index in [0.717, 1.165) is 12.1 Å². The highest BCUT2D eigenvalue weighted by atomic mass is 14.6. The fourth-order valence-corrected chi connectivity index (χ4v) is 1.59. The molecular weight excluding hydrogens is 170 g/mol. The Morgan fingerprint density at radius 3 is 2.79 bits per heavy atom. The van der Waals surface area contributed by atoms with E-state index in [9.17, 15) is 0 Å². The lowest BCUT2D eigenvalue weighted by molar-refractivity contribution is 0.794. The van der Waals surface area contributed by atoms with Crippen LogP contribution in [0.4, 0.5) is 5.69 Å². The number of nitrogen functional groups attached to an aromatic ring is 1. The lowest BCUT2D eigenvalue weighted by Gasteiger charge is -2.08. The quantitative estimate of drug-likeness (QED) is 0.719. The van der Waals surface area contributed by atoms with Gasteiger partial charge in [0.25, 0.3) is 0 Å². The first-order chi connectivity index (χ1) is 6.79. The second kappa shape index (κ2) is 5.48. The molecule has 14 heavy (non-hydrogen) atoms. The maximum absolute atomic E-state index is 5.93. The Hall–Kier alpha value is -1.24. The Morgan fingerprint density at radius 1 is 1.36 bits per heavy atom. The highest BCUT2D eigenvalue weighted by molar-refractivity contribution is 5.67. The van der Waals surface area contributed by atoms with Gasteiger partial charge in [0.05, 0.1) is 0 Å². The normalized spacial score (nSPS) is 11.0. The van der Waals surface area contributed by atoms with Crippen molar-refractivity contribution in [1.82, 2.24) is 0 Å². The summed E-state index contributed by atoms with van der Waals surface area (Å²) < 4.78 is 0. The minimum Gasteiger partial charge on any atom is -0.398 e. The Bertz CT molecular complexity index is 313. The molecule has 0 spiro atoms. The topological polar surface area (TPSA) is 26.0 Å². The van der Waals surface area contributed by atoms with Crippen molar-refractivity contribution in [3.8, 4) is 0 Å².